The number of nitrogens with one attached hydrogen (secondary N) is 2. The average Bonchev–Trinajstić information content (AvgIpc) is 2.95. The Balaban J connectivity index is 1.88. The quantitative estimate of drug-likeness (QED) is 0.832. The molecule has 1 aliphatic heterocycles. The third kappa shape index (κ3) is 3.10. The zero-order chi connectivity index (χ0) is 17.5. The predicted molar refractivity (Wildman–Crippen MR) is 75.4 cm³/mol. The summed E-state index contributed by atoms with van der Waals surface area (Å²) in [4.78, 5) is 7.41. The molecule has 0 amide bonds. The van der Waals surface area contributed by atoms with Crippen LogP contribution < -0.4 is 10.6 Å². The van der Waals surface area contributed by atoms with Gasteiger partial charge < -0.3 is 10.6 Å². The molecule has 0 fully saturated rings. The van der Waals surface area contributed by atoms with Gasteiger partial charge in [0, 0.05) is 12.7 Å². The molecule has 2 N–H and O–H groups in total. The van der Waals surface area contributed by atoms with Crippen molar-refractivity contribution in [2.24, 2.45) is 0 Å². The van der Waals surface area contributed by atoms with Crippen molar-refractivity contribution in [1.82, 2.24) is 19.7 Å². The van der Waals surface area contributed by atoms with Crippen LogP contribution in [0.3, 0.4) is 0 Å². The molecule has 0 bridgehead atoms. The third-order valence-electron chi connectivity index (χ3n) is 3.44. The van der Waals surface area contributed by atoms with Crippen molar-refractivity contribution in [2.75, 3.05) is 17.2 Å². The molecule has 0 saturated heterocycles. The fourth-order valence-electron chi connectivity index (χ4n) is 2.43. The molecular formula is C13H13F5N6. The third-order valence-corrected chi connectivity index (χ3v) is 3.44. The van der Waals surface area contributed by atoms with Crippen LogP contribution in [-0.4, -0.2) is 32.2 Å². The van der Waals surface area contributed by atoms with E-state index in [0.29, 0.717) is 6.20 Å². The number of halogens is 5. The summed E-state index contributed by atoms with van der Waals surface area (Å²) in [6, 6.07) is 0. The lowest BCUT2D eigenvalue weighted by Crippen LogP contribution is -2.17. The maximum atomic E-state index is 13.4. The minimum absolute atomic E-state index is 0.134. The number of alkyl halides is 5. The van der Waals surface area contributed by atoms with Crippen molar-refractivity contribution in [3.63, 3.8) is 0 Å². The van der Waals surface area contributed by atoms with E-state index in [4.69, 9.17) is 0 Å². The molecule has 130 valence electrons. The van der Waals surface area contributed by atoms with Gasteiger partial charge in [-0.25, -0.2) is 13.8 Å². The molecule has 1 aliphatic rings. The van der Waals surface area contributed by atoms with Crippen LogP contribution in [-0.2, 0) is 19.1 Å². The summed E-state index contributed by atoms with van der Waals surface area (Å²) in [6.45, 7) is 1.33. The molecule has 6 nitrogen and oxygen atoms in total. The summed E-state index contributed by atoms with van der Waals surface area (Å²) in [5, 5.41) is 9.00. The zero-order valence-corrected chi connectivity index (χ0v) is 12.5. The number of anilines is 3. The number of fused-ring (bicyclic) bond motifs is 1. The van der Waals surface area contributed by atoms with Gasteiger partial charge in [0.2, 0.25) is 5.95 Å². The molecule has 0 aliphatic carbocycles. The molecule has 0 radical (unpaired) electrons. The Bertz CT molecular complexity index is 754. The van der Waals surface area contributed by atoms with E-state index in [9.17, 15) is 22.0 Å². The Morgan fingerprint density at radius 1 is 1.29 bits per heavy atom. The van der Waals surface area contributed by atoms with E-state index >= 15 is 0 Å². The van der Waals surface area contributed by atoms with E-state index in [-0.39, 0.29) is 29.7 Å². The smallest absolute Gasteiger partial charge is 0.370 e. The van der Waals surface area contributed by atoms with E-state index in [2.05, 4.69) is 25.7 Å². The number of hydrogen-bond acceptors (Lipinski definition) is 5. The highest BCUT2D eigenvalue weighted by atomic mass is 19.4. The molecule has 24 heavy (non-hydrogen) atoms. The number of hydrogen-bond donors (Lipinski definition) is 2. The lowest BCUT2D eigenvalue weighted by atomic mass is 10.2. The van der Waals surface area contributed by atoms with Gasteiger partial charge in [0.1, 0.15) is 17.9 Å². The number of nitrogens with zero attached hydrogens (tertiary/aromatic N) is 4. The summed E-state index contributed by atoms with van der Waals surface area (Å²) in [6.07, 6.45) is -3.14. The van der Waals surface area contributed by atoms with E-state index < -0.39 is 30.6 Å². The van der Waals surface area contributed by atoms with E-state index in [1.807, 2.05) is 0 Å². The molecule has 0 atom stereocenters. The van der Waals surface area contributed by atoms with Gasteiger partial charge in [0.15, 0.2) is 0 Å². The Kier molecular flexibility index (Phi) is 3.80. The summed E-state index contributed by atoms with van der Waals surface area (Å²) in [5.41, 5.74) is -0.496. The Hall–Kier alpha value is -2.46. The summed E-state index contributed by atoms with van der Waals surface area (Å²) < 4.78 is 66.6. The SMILES string of the molecule is CCNc1nc(Nc2cnn3c2CC(F)(F)C3)ncc1C(F)(F)F. The lowest BCUT2D eigenvalue weighted by Gasteiger charge is -2.13. The maximum Gasteiger partial charge on any atom is 0.421 e. The van der Waals surface area contributed by atoms with Crippen LogP contribution in [0.5, 0.6) is 0 Å². The van der Waals surface area contributed by atoms with Crippen LogP contribution in [0.2, 0.25) is 0 Å². The fraction of sp³-hybridized carbons (Fsp3) is 0.462. The Morgan fingerprint density at radius 2 is 2.04 bits per heavy atom. The van der Waals surface area contributed by atoms with E-state index in [0.717, 1.165) is 4.68 Å². The van der Waals surface area contributed by atoms with Gasteiger partial charge >= 0.3 is 6.18 Å². The standard InChI is InChI=1S/C13H13F5N6/c1-2-19-10-7(13(16,17)18)4-20-11(23-10)22-8-5-21-24-6-12(14,15)3-9(8)24/h4-5H,2-3,6H2,1H3,(H2,19,20,22,23). The van der Waals surface area contributed by atoms with Crippen molar-refractivity contribution in [2.45, 2.75) is 32.0 Å². The van der Waals surface area contributed by atoms with Crippen LogP contribution in [0.25, 0.3) is 0 Å². The highest BCUT2D eigenvalue weighted by molar-refractivity contribution is 5.59. The summed E-state index contributed by atoms with van der Waals surface area (Å²) in [5.74, 6) is -3.41. The first kappa shape index (κ1) is 16.4. The van der Waals surface area contributed by atoms with Gasteiger partial charge in [0.25, 0.3) is 5.92 Å². The molecular weight excluding hydrogens is 335 g/mol. The second kappa shape index (κ2) is 5.56. The van der Waals surface area contributed by atoms with E-state index in [1.165, 1.54) is 6.20 Å². The average molecular weight is 348 g/mol. The predicted octanol–water partition coefficient (Wildman–Crippen LogP) is 3.06. The molecule has 2 aromatic rings. The van der Waals surface area contributed by atoms with Crippen LogP contribution in [0.4, 0.5) is 39.4 Å². The molecule has 2 aromatic heterocycles. The molecule has 0 saturated carbocycles. The molecule has 0 spiro atoms. The molecule has 0 unspecified atom stereocenters. The van der Waals surface area contributed by atoms with E-state index in [1.54, 1.807) is 6.92 Å². The van der Waals surface area contributed by atoms with Gasteiger partial charge in [-0.1, -0.05) is 0 Å². The minimum atomic E-state index is -4.60. The number of aromatic nitrogens is 4. The Labute approximate surface area is 133 Å². The van der Waals surface area contributed by atoms with Gasteiger partial charge in [-0.05, 0) is 6.92 Å². The lowest BCUT2D eigenvalue weighted by molar-refractivity contribution is -0.137. The zero-order valence-electron chi connectivity index (χ0n) is 12.5. The van der Waals surface area contributed by atoms with Gasteiger partial charge in [-0.15, -0.1) is 0 Å². The van der Waals surface area contributed by atoms with Gasteiger partial charge in [-0.3, -0.25) is 4.68 Å². The highest BCUT2D eigenvalue weighted by Crippen LogP contribution is 2.36. The first-order valence-electron chi connectivity index (χ1n) is 7.07. The van der Waals surface area contributed by atoms with Gasteiger partial charge in [0.05, 0.1) is 24.0 Å². The summed E-state index contributed by atoms with van der Waals surface area (Å²) >= 11 is 0. The second-order valence-electron chi connectivity index (χ2n) is 5.30. The first-order chi connectivity index (χ1) is 11.2. The van der Waals surface area contributed by atoms with Crippen LogP contribution >= 0.6 is 0 Å². The molecule has 11 heteroatoms. The van der Waals surface area contributed by atoms with Crippen molar-refractivity contribution < 1.29 is 22.0 Å². The monoisotopic (exact) mass is 348 g/mol. The Morgan fingerprint density at radius 3 is 2.71 bits per heavy atom. The summed E-state index contributed by atoms with van der Waals surface area (Å²) in [7, 11) is 0. The van der Waals surface area contributed by atoms with Crippen molar-refractivity contribution in [1.29, 1.82) is 0 Å². The normalized spacial score (nSPS) is 16.1. The van der Waals surface area contributed by atoms with Crippen molar-refractivity contribution >= 4 is 17.5 Å². The van der Waals surface area contributed by atoms with Crippen LogP contribution in [0.1, 0.15) is 18.2 Å². The largest absolute Gasteiger partial charge is 0.421 e. The van der Waals surface area contributed by atoms with Crippen molar-refractivity contribution in [3.05, 3.63) is 23.7 Å². The molecule has 3 heterocycles. The van der Waals surface area contributed by atoms with Crippen molar-refractivity contribution in [3.8, 4) is 0 Å². The molecule has 0 aromatic carbocycles. The van der Waals surface area contributed by atoms with Gasteiger partial charge in [-0.2, -0.15) is 23.3 Å². The maximum absolute atomic E-state index is 13.4. The molecule has 3 rings (SSSR count). The van der Waals surface area contributed by atoms with Crippen LogP contribution in [0, 0.1) is 0 Å². The minimum Gasteiger partial charge on any atom is -0.370 e. The second-order valence-corrected chi connectivity index (χ2v) is 5.30. The fourth-order valence-corrected chi connectivity index (χ4v) is 2.43. The number of rotatable bonds is 4. The van der Waals surface area contributed by atoms with Crippen LogP contribution in [0.15, 0.2) is 12.4 Å². The highest BCUT2D eigenvalue weighted by Gasteiger charge is 2.40. The first-order valence-corrected chi connectivity index (χ1v) is 7.07. The topological polar surface area (TPSA) is 67.7 Å².